The Morgan fingerprint density at radius 2 is 2.07 bits per heavy atom. The Morgan fingerprint density at radius 3 is 2.53 bits per heavy atom. The second kappa shape index (κ2) is 4.34. The number of hydrogen-bond acceptors (Lipinski definition) is 1. The molecule has 1 rings (SSSR count). The molecule has 0 heterocycles. The Hall–Kier alpha value is -0.850. The zero-order valence-corrected chi connectivity index (χ0v) is 10.6. The fourth-order valence-corrected chi connectivity index (χ4v) is 2.44. The van der Waals surface area contributed by atoms with Crippen LogP contribution in [0.25, 0.3) is 0 Å². The van der Waals surface area contributed by atoms with Gasteiger partial charge >= 0.3 is 0 Å². The van der Waals surface area contributed by atoms with Gasteiger partial charge in [-0.2, -0.15) is 0 Å². The minimum atomic E-state index is 0.203. The first-order chi connectivity index (χ1) is 6.80. The highest BCUT2D eigenvalue weighted by atomic mass is 16.1. The van der Waals surface area contributed by atoms with E-state index in [1.165, 1.54) is 6.42 Å². The summed E-state index contributed by atoms with van der Waals surface area (Å²) in [6.45, 7) is 10.6. The van der Waals surface area contributed by atoms with Gasteiger partial charge in [0.1, 0.15) is 0 Å². The highest BCUT2D eigenvalue weighted by molar-refractivity contribution is 6.04. The Morgan fingerprint density at radius 1 is 1.47 bits per heavy atom. The number of hydrogen-bond donors (Lipinski definition) is 0. The second-order valence-electron chi connectivity index (χ2n) is 5.80. The Balaban J connectivity index is 2.87. The standard InChI is InChI=1S/C14H22O/c1-10(2)6-13(15)12-7-11(3)8-14(4,5)9-12/h6-7,11H,8-9H2,1-5H3. The van der Waals surface area contributed by atoms with Gasteiger partial charge in [0.05, 0.1) is 0 Å². The normalized spacial score (nSPS) is 24.3. The maximum absolute atomic E-state index is 11.9. The molecule has 1 atom stereocenters. The van der Waals surface area contributed by atoms with Gasteiger partial charge in [0.2, 0.25) is 0 Å². The molecular formula is C14H22O. The molecule has 15 heavy (non-hydrogen) atoms. The van der Waals surface area contributed by atoms with Crippen molar-refractivity contribution < 1.29 is 4.79 Å². The van der Waals surface area contributed by atoms with E-state index in [-0.39, 0.29) is 11.2 Å². The number of carbonyl (C=O) groups excluding carboxylic acids is 1. The molecule has 1 aliphatic carbocycles. The molecule has 0 aliphatic heterocycles. The van der Waals surface area contributed by atoms with Crippen LogP contribution in [0.5, 0.6) is 0 Å². The van der Waals surface area contributed by atoms with Crippen molar-refractivity contribution in [2.24, 2.45) is 11.3 Å². The summed E-state index contributed by atoms with van der Waals surface area (Å²) in [5, 5.41) is 0. The lowest BCUT2D eigenvalue weighted by Crippen LogP contribution is -2.23. The number of allylic oxidation sites excluding steroid dienone is 4. The molecule has 0 N–H and O–H groups in total. The van der Waals surface area contributed by atoms with E-state index in [0.29, 0.717) is 5.92 Å². The van der Waals surface area contributed by atoms with E-state index in [1.54, 1.807) is 6.08 Å². The highest BCUT2D eigenvalue weighted by Gasteiger charge is 2.28. The minimum absolute atomic E-state index is 0.203. The first-order valence-electron chi connectivity index (χ1n) is 5.70. The molecule has 0 saturated carbocycles. The van der Waals surface area contributed by atoms with Crippen molar-refractivity contribution in [2.75, 3.05) is 0 Å². The van der Waals surface area contributed by atoms with Crippen LogP contribution in [0.15, 0.2) is 23.3 Å². The Kier molecular flexibility index (Phi) is 3.54. The molecule has 0 aromatic rings. The molecule has 0 saturated heterocycles. The summed E-state index contributed by atoms with van der Waals surface area (Å²) in [6, 6.07) is 0. The van der Waals surface area contributed by atoms with Gasteiger partial charge in [-0.15, -0.1) is 0 Å². The van der Waals surface area contributed by atoms with Crippen LogP contribution in [0.2, 0.25) is 0 Å². The van der Waals surface area contributed by atoms with E-state index in [0.717, 1.165) is 17.6 Å². The SMILES string of the molecule is CC(C)=CC(=O)C1=CC(C)CC(C)(C)C1. The van der Waals surface area contributed by atoms with Gasteiger partial charge in [-0.25, -0.2) is 0 Å². The molecule has 1 heteroatoms. The van der Waals surface area contributed by atoms with E-state index < -0.39 is 0 Å². The summed E-state index contributed by atoms with van der Waals surface area (Å²) in [4.78, 5) is 11.9. The topological polar surface area (TPSA) is 17.1 Å². The van der Waals surface area contributed by atoms with Crippen LogP contribution in [0, 0.1) is 11.3 Å². The largest absolute Gasteiger partial charge is 0.290 e. The maximum Gasteiger partial charge on any atom is 0.181 e. The molecule has 1 aliphatic rings. The van der Waals surface area contributed by atoms with E-state index in [1.807, 2.05) is 13.8 Å². The van der Waals surface area contributed by atoms with Crippen molar-refractivity contribution in [1.82, 2.24) is 0 Å². The first kappa shape index (κ1) is 12.2. The van der Waals surface area contributed by atoms with Crippen LogP contribution >= 0.6 is 0 Å². The summed E-state index contributed by atoms with van der Waals surface area (Å²) >= 11 is 0. The zero-order valence-electron chi connectivity index (χ0n) is 10.6. The number of rotatable bonds is 2. The van der Waals surface area contributed by atoms with Crippen molar-refractivity contribution in [2.45, 2.75) is 47.5 Å². The molecule has 0 aromatic heterocycles. The molecular weight excluding hydrogens is 184 g/mol. The third-order valence-corrected chi connectivity index (χ3v) is 2.77. The smallest absolute Gasteiger partial charge is 0.181 e. The molecule has 0 amide bonds. The molecule has 0 spiro atoms. The average molecular weight is 206 g/mol. The predicted molar refractivity (Wildman–Crippen MR) is 64.7 cm³/mol. The van der Waals surface area contributed by atoms with Crippen LogP contribution < -0.4 is 0 Å². The van der Waals surface area contributed by atoms with Crippen LogP contribution in [-0.2, 0) is 4.79 Å². The highest BCUT2D eigenvalue weighted by Crippen LogP contribution is 2.38. The van der Waals surface area contributed by atoms with E-state index in [2.05, 4.69) is 26.8 Å². The molecule has 0 fully saturated rings. The molecule has 1 unspecified atom stereocenters. The summed E-state index contributed by atoms with van der Waals surface area (Å²) in [5.74, 6) is 0.730. The lowest BCUT2D eigenvalue weighted by atomic mass is 9.72. The van der Waals surface area contributed by atoms with E-state index >= 15 is 0 Å². The number of ketones is 1. The summed E-state index contributed by atoms with van der Waals surface area (Å²) in [5.41, 5.74) is 2.35. The van der Waals surface area contributed by atoms with Gasteiger partial charge in [0, 0.05) is 0 Å². The molecule has 84 valence electrons. The van der Waals surface area contributed by atoms with Crippen molar-refractivity contribution in [3.8, 4) is 0 Å². The van der Waals surface area contributed by atoms with Crippen molar-refractivity contribution in [1.29, 1.82) is 0 Å². The third-order valence-electron chi connectivity index (χ3n) is 2.77. The Bertz CT molecular complexity index is 314. The lowest BCUT2D eigenvalue weighted by Gasteiger charge is -2.32. The van der Waals surface area contributed by atoms with E-state index in [4.69, 9.17) is 0 Å². The molecule has 1 nitrogen and oxygen atoms in total. The Labute approximate surface area is 93.3 Å². The summed E-state index contributed by atoms with van der Waals surface area (Å²) < 4.78 is 0. The average Bonchev–Trinajstić information content (AvgIpc) is 1.98. The van der Waals surface area contributed by atoms with Crippen molar-refractivity contribution in [3.05, 3.63) is 23.3 Å². The molecule has 0 bridgehead atoms. The van der Waals surface area contributed by atoms with E-state index in [9.17, 15) is 4.79 Å². The van der Waals surface area contributed by atoms with Crippen LogP contribution in [0.1, 0.15) is 47.5 Å². The van der Waals surface area contributed by atoms with Gasteiger partial charge < -0.3 is 0 Å². The number of carbonyl (C=O) groups is 1. The summed E-state index contributed by atoms with van der Waals surface area (Å²) in [6.07, 6.45) is 5.99. The lowest BCUT2D eigenvalue weighted by molar-refractivity contribution is -0.111. The molecule has 0 aromatic carbocycles. The minimum Gasteiger partial charge on any atom is -0.290 e. The molecule has 0 radical (unpaired) electrons. The van der Waals surface area contributed by atoms with Crippen LogP contribution in [-0.4, -0.2) is 5.78 Å². The van der Waals surface area contributed by atoms with Gasteiger partial charge in [-0.1, -0.05) is 32.4 Å². The zero-order chi connectivity index (χ0) is 11.6. The second-order valence-corrected chi connectivity index (χ2v) is 5.80. The van der Waals surface area contributed by atoms with Crippen molar-refractivity contribution in [3.63, 3.8) is 0 Å². The van der Waals surface area contributed by atoms with Gasteiger partial charge in [-0.3, -0.25) is 4.79 Å². The van der Waals surface area contributed by atoms with Gasteiger partial charge in [0.25, 0.3) is 0 Å². The van der Waals surface area contributed by atoms with Crippen LogP contribution in [0.4, 0.5) is 0 Å². The fraction of sp³-hybridized carbons (Fsp3) is 0.643. The summed E-state index contributed by atoms with van der Waals surface area (Å²) in [7, 11) is 0. The monoisotopic (exact) mass is 206 g/mol. The third kappa shape index (κ3) is 3.65. The predicted octanol–water partition coefficient (Wildman–Crippen LogP) is 3.90. The van der Waals surface area contributed by atoms with Gasteiger partial charge in [0.15, 0.2) is 5.78 Å². The van der Waals surface area contributed by atoms with Gasteiger partial charge in [-0.05, 0) is 49.7 Å². The maximum atomic E-state index is 11.9. The first-order valence-corrected chi connectivity index (χ1v) is 5.70. The van der Waals surface area contributed by atoms with Crippen LogP contribution in [0.3, 0.4) is 0 Å². The van der Waals surface area contributed by atoms with Crippen molar-refractivity contribution >= 4 is 5.78 Å². The quantitative estimate of drug-likeness (QED) is 0.626. The fourth-order valence-electron chi connectivity index (χ4n) is 2.44.